The van der Waals surface area contributed by atoms with Crippen LogP contribution in [-0.4, -0.2) is 31.8 Å². The normalized spacial score (nSPS) is 10.7. The SMILES string of the molecule is O=C(CSc1n[nH]c(-c2ccccc2Br)n1)Nc1ncc(Cl)cc1Cl. The standard InChI is InChI=1S/C15H10BrCl2N5OS/c16-10-4-2-1-3-9(10)13-21-15(23-22-13)25-7-12(24)20-14-11(18)5-8(17)6-19-14/h1-6H,7H2,(H,19,20,24)(H,21,22,23). The zero-order chi connectivity index (χ0) is 17.8. The fraction of sp³-hybridized carbons (Fsp3) is 0.0667. The van der Waals surface area contributed by atoms with Gasteiger partial charge in [0.1, 0.15) is 0 Å². The van der Waals surface area contributed by atoms with E-state index in [4.69, 9.17) is 23.2 Å². The maximum Gasteiger partial charge on any atom is 0.236 e. The number of rotatable bonds is 5. The maximum atomic E-state index is 12.0. The number of H-pyrrole nitrogens is 1. The molecular weight excluding hydrogens is 449 g/mol. The van der Waals surface area contributed by atoms with Crippen LogP contribution in [0, 0.1) is 0 Å². The van der Waals surface area contributed by atoms with Gasteiger partial charge in [0, 0.05) is 16.2 Å². The molecule has 0 aliphatic rings. The molecule has 0 radical (unpaired) electrons. The number of hydrogen-bond acceptors (Lipinski definition) is 5. The van der Waals surface area contributed by atoms with Crippen molar-refractivity contribution in [2.45, 2.75) is 5.16 Å². The molecule has 0 aliphatic heterocycles. The monoisotopic (exact) mass is 457 g/mol. The molecule has 0 unspecified atom stereocenters. The van der Waals surface area contributed by atoms with Crippen molar-refractivity contribution in [3.8, 4) is 11.4 Å². The summed E-state index contributed by atoms with van der Waals surface area (Å²) >= 11 is 16.4. The molecule has 0 aliphatic carbocycles. The summed E-state index contributed by atoms with van der Waals surface area (Å²) in [5, 5.41) is 10.7. The molecule has 0 spiro atoms. The topological polar surface area (TPSA) is 83.6 Å². The summed E-state index contributed by atoms with van der Waals surface area (Å²) in [5.74, 6) is 0.737. The van der Waals surface area contributed by atoms with E-state index in [1.165, 1.54) is 24.0 Å². The second-order valence-corrected chi connectivity index (χ2v) is 7.41. The first-order chi connectivity index (χ1) is 12.0. The van der Waals surface area contributed by atoms with E-state index in [1.807, 2.05) is 24.3 Å². The minimum absolute atomic E-state index is 0.119. The van der Waals surface area contributed by atoms with Crippen molar-refractivity contribution in [3.05, 3.63) is 51.0 Å². The Morgan fingerprint density at radius 3 is 2.88 bits per heavy atom. The van der Waals surface area contributed by atoms with Gasteiger partial charge in [0.15, 0.2) is 11.6 Å². The van der Waals surface area contributed by atoms with Crippen molar-refractivity contribution in [1.82, 2.24) is 20.2 Å². The minimum Gasteiger partial charge on any atom is -0.309 e. The smallest absolute Gasteiger partial charge is 0.236 e. The minimum atomic E-state index is -0.269. The van der Waals surface area contributed by atoms with Crippen LogP contribution in [-0.2, 0) is 4.79 Å². The molecule has 1 amide bonds. The number of benzene rings is 1. The average Bonchev–Trinajstić information content (AvgIpc) is 3.05. The summed E-state index contributed by atoms with van der Waals surface area (Å²) in [7, 11) is 0. The van der Waals surface area contributed by atoms with Crippen LogP contribution < -0.4 is 5.32 Å². The lowest BCUT2D eigenvalue weighted by Gasteiger charge is -2.05. The molecule has 2 aromatic heterocycles. The number of hydrogen-bond donors (Lipinski definition) is 2. The molecule has 2 N–H and O–H groups in total. The zero-order valence-corrected chi connectivity index (χ0v) is 16.4. The predicted octanol–water partition coefficient (Wildman–Crippen LogP) is 4.67. The lowest BCUT2D eigenvalue weighted by molar-refractivity contribution is -0.113. The second-order valence-electron chi connectivity index (χ2n) is 4.77. The van der Waals surface area contributed by atoms with E-state index < -0.39 is 0 Å². The Labute approximate surface area is 165 Å². The summed E-state index contributed by atoms with van der Waals surface area (Å²) in [6.07, 6.45) is 1.41. The fourth-order valence-corrected chi connectivity index (χ4v) is 3.39. The van der Waals surface area contributed by atoms with Crippen LogP contribution in [0.15, 0.2) is 46.2 Å². The van der Waals surface area contributed by atoms with Gasteiger partial charge in [-0.3, -0.25) is 9.89 Å². The summed E-state index contributed by atoms with van der Waals surface area (Å²) in [4.78, 5) is 20.4. The van der Waals surface area contributed by atoms with E-state index in [0.717, 1.165) is 10.0 Å². The van der Waals surface area contributed by atoms with Crippen LogP contribution >= 0.6 is 50.9 Å². The van der Waals surface area contributed by atoms with Crippen LogP contribution in [0.25, 0.3) is 11.4 Å². The van der Waals surface area contributed by atoms with E-state index >= 15 is 0 Å². The van der Waals surface area contributed by atoms with Crippen LogP contribution in [0.4, 0.5) is 5.82 Å². The van der Waals surface area contributed by atoms with Gasteiger partial charge < -0.3 is 5.32 Å². The summed E-state index contributed by atoms with van der Waals surface area (Å²) in [5.41, 5.74) is 0.892. The fourth-order valence-electron chi connectivity index (χ4n) is 1.89. The first-order valence-corrected chi connectivity index (χ1v) is 9.47. The number of amides is 1. The van der Waals surface area contributed by atoms with Gasteiger partial charge in [0.25, 0.3) is 0 Å². The van der Waals surface area contributed by atoms with E-state index in [1.54, 1.807) is 0 Å². The van der Waals surface area contributed by atoms with E-state index in [0.29, 0.717) is 16.0 Å². The highest BCUT2D eigenvalue weighted by Gasteiger charge is 2.12. The summed E-state index contributed by atoms with van der Waals surface area (Å²) in [6.45, 7) is 0. The highest BCUT2D eigenvalue weighted by Crippen LogP contribution is 2.27. The number of anilines is 1. The largest absolute Gasteiger partial charge is 0.309 e. The van der Waals surface area contributed by atoms with E-state index in [-0.39, 0.29) is 22.5 Å². The van der Waals surface area contributed by atoms with Crippen molar-refractivity contribution in [2.24, 2.45) is 0 Å². The maximum absolute atomic E-state index is 12.0. The van der Waals surface area contributed by atoms with Gasteiger partial charge in [-0.25, -0.2) is 9.97 Å². The van der Waals surface area contributed by atoms with Gasteiger partial charge in [-0.1, -0.05) is 69.1 Å². The number of aromatic nitrogens is 4. The number of pyridine rings is 1. The molecule has 10 heteroatoms. The van der Waals surface area contributed by atoms with Gasteiger partial charge in [-0.2, -0.15) is 0 Å². The van der Waals surface area contributed by atoms with Crippen molar-refractivity contribution < 1.29 is 4.79 Å². The molecule has 6 nitrogen and oxygen atoms in total. The number of thioether (sulfide) groups is 1. The number of nitrogens with zero attached hydrogens (tertiary/aromatic N) is 3. The van der Waals surface area contributed by atoms with Crippen LogP contribution in [0.1, 0.15) is 0 Å². The third-order valence-electron chi connectivity index (χ3n) is 2.99. The molecule has 128 valence electrons. The van der Waals surface area contributed by atoms with Crippen LogP contribution in [0.2, 0.25) is 10.0 Å². The van der Waals surface area contributed by atoms with Gasteiger partial charge in [-0.05, 0) is 12.1 Å². The molecule has 2 heterocycles. The number of aromatic amines is 1. The molecule has 3 aromatic rings. The van der Waals surface area contributed by atoms with E-state index in [9.17, 15) is 4.79 Å². The third kappa shape index (κ3) is 4.72. The molecular formula is C15H10BrCl2N5OS. The number of carbonyl (C=O) groups excluding carboxylic acids is 1. The Bertz CT molecular complexity index is 920. The van der Waals surface area contributed by atoms with Crippen molar-refractivity contribution in [1.29, 1.82) is 0 Å². The molecule has 0 atom stereocenters. The van der Waals surface area contributed by atoms with Crippen molar-refractivity contribution in [2.75, 3.05) is 11.1 Å². The predicted molar refractivity (Wildman–Crippen MR) is 103 cm³/mol. The number of halogens is 3. The average molecular weight is 459 g/mol. The van der Waals surface area contributed by atoms with Gasteiger partial charge in [0.05, 0.1) is 15.8 Å². The lowest BCUT2D eigenvalue weighted by Crippen LogP contribution is -2.15. The summed E-state index contributed by atoms with van der Waals surface area (Å²) in [6, 6.07) is 9.17. The highest BCUT2D eigenvalue weighted by molar-refractivity contribution is 9.10. The second kappa shape index (κ2) is 8.18. The van der Waals surface area contributed by atoms with Gasteiger partial charge in [-0.15, -0.1) is 5.10 Å². The first kappa shape index (κ1) is 18.2. The van der Waals surface area contributed by atoms with Crippen molar-refractivity contribution >= 4 is 62.6 Å². The molecule has 0 fully saturated rings. The molecule has 0 saturated carbocycles. The molecule has 0 saturated heterocycles. The number of carbonyl (C=O) groups is 1. The molecule has 25 heavy (non-hydrogen) atoms. The third-order valence-corrected chi connectivity index (χ3v) is 5.03. The van der Waals surface area contributed by atoms with Gasteiger partial charge >= 0.3 is 0 Å². The Morgan fingerprint density at radius 1 is 1.32 bits per heavy atom. The van der Waals surface area contributed by atoms with E-state index in [2.05, 4.69) is 41.4 Å². The molecule has 0 bridgehead atoms. The van der Waals surface area contributed by atoms with Gasteiger partial charge in [0.2, 0.25) is 11.1 Å². The number of nitrogens with one attached hydrogen (secondary N) is 2. The van der Waals surface area contributed by atoms with Crippen LogP contribution in [0.5, 0.6) is 0 Å². The Balaban J connectivity index is 1.60. The quantitative estimate of drug-likeness (QED) is 0.543. The Morgan fingerprint density at radius 2 is 2.12 bits per heavy atom. The Hall–Kier alpha value is -1.61. The van der Waals surface area contributed by atoms with Crippen LogP contribution in [0.3, 0.4) is 0 Å². The summed E-state index contributed by atoms with van der Waals surface area (Å²) < 4.78 is 0.906. The zero-order valence-electron chi connectivity index (χ0n) is 12.5. The highest BCUT2D eigenvalue weighted by atomic mass is 79.9. The first-order valence-electron chi connectivity index (χ1n) is 6.94. The molecule has 1 aromatic carbocycles. The van der Waals surface area contributed by atoms with Crippen molar-refractivity contribution in [3.63, 3.8) is 0 Å². The lowest BCUT2D eigenvalue weighted by atomic mass is 10.2. The Kier molecular flexibility index (Phi) is 5.95. The molecule has 3 rings (SSSR count).